The fourth-order valence-electron chi connectivity index (χ4n) is 1.83. The first-order valence-electron chi connectivity index (χ1n) is 5.74. The molecule has 0 unspecified atom stereocenters. The van der Waals surface area contributed by atoms with Gasteiger partial charge in [-0.3, -0.25) is 0 Å². The van der Waals surface area contributed by atoms with Crippen LogP contribution in [0.4, 0.5) is 4.39 Å². The average molecular weight is 406 g/mol. The summed E-state index contributed by atoms with van der Waals surface area (Å²) in [5.74, 6) is 0.559. The van der Waals surface area contributed by atoms with Crippen molar-refractivity contribution in [3.8, 4) is 11.4 Å². The van der Waals surface area contributed by atoms with E-state index in [9.17, 15) is 4.39 Å². The van der Waals surface area contributed by atoms with E-state index >= 15 is 0 Å². The molecule has 0 aliphatic heterocycles. The van der Waals surface area contributed by atoms with Crippen LogP contribution in [-0.2, 0) is 0 Å². The minimum absolute atomic E-state index is 0.340. The molecule has 0 amide bonds. The van der Waals surface area contributed by atoms with Gasteiger partial charge in [0.1, 0.15) is 11.0 Å². The fraction of sp³-hybridized carbons (Fsp3) is 0.231. The number of rotatable bonds is 2. The summed E-state index contributed by atoms with van der Waals surface area (Å²) in [5.41, 5.74) is 1.54. The third kappa shape index (κ3) is 2.69. The van der Waals surface area contributed by atoms with Crippen molar-refractivity contribution in [2.24, 2.45) is 0 Å². The van der Waals surface area contributed by atoms with Crippen LogP contribution in [-0.4, -0.2) is 9.97 Å². The predicted molar refractivity (Wildman–Crippen MR) is 79.8 cm³/mol. The molecule has 0 saturated heterocycles. The van der Waals surface area contributed by atoms with Crippen LogP contribution in [0.5, 0.6) is 0 Å². The Bertz CT molecular complexity index is 659. The maximum Gasteiger partial charge on any atom is 0.161 e. The number of halogens is 4. The van der Waals surface area contributed by atoms with Crippen molar-refractivity contribution >= 4 is 43.5 Å². The van der Waals surface area contributed by atoms with Gasteiger partial charge in [-0.1, -0.05) is 11.6 Å². The Labute approximate surface area is 131 Å². The highest BCUT2D eigenvalue weighted by Gasteiger charge is 2.29. The molecule has 0 N–H and O–H groups in total. The summed E-state index contributed by atoms with van der Waals surface area (Å²) < 4.78 is 14.7. The van der Waals surface area contributed by atoms with Crippen LogP contribution in [0.3, 0.4) is 0 Å². The SMILES string of the molecule is Fc1cc(-c2nc(Cl)c(Br)c(C3CC3)n2)ccc1Br. The molecule has 98 valence electrons. The Morgan fingerprint density at radius 2 is 1.95 bits per heavy atom. The molecule has 6 heteroatoms. The number of hydrogen-bond acceptors (Lipinski definition) is 2. The maximum absolute atomic E-state index is 13.6. The number of hydrogen-bond donors (Lipinski definition) is 0. The van der Waals surface area contributed by atoms with Crippen molar-refractivity contribution in [1.29, 1.82) is 0 Å². The van der Waals surface area contributed by atoms with Crippen LogP contribution < -0.4 is 0 Å². The molecule has 19 heavy (non-hydrogen) atoms. The Kier molecular flexibility index (Phi) is 3.62. The van der Waals surface area contributed by atoms with Crippen LogP contribution >= 0.6 is 43.5 Å². The van der Waals surface area contributed by atoms with Gasteiger partial charge < -0.3 is 0 Å². The molecular weight excluding hydrogens is 398 g/mol. The van der Waals surface area contributed by atoms with Gasteiger partial charge in [-0.2, -0.15) is 0 Å². The van der Waals surface area contributed by atoms with Crippen LogP contribution in [0.1, 0.15) is 24.5 Å². The summed E-state index contributed by atoms with van der Waals surface area (Å²) >= 11 is 12.7. The zero-order chi connectivity index (χ0) is 13.6. The average Bonchev–Trinajstić information content (AvgIpc) is 3.20. The van der Waals surface area contributed by atoms with Gasteiger partial charge in [-0.05, 0) is 62.9 Å². The molecule has 1 heterocycles. The maximum atomic E-state index is 13.6. The van der Waals surface area contributed by atoms with E-state index in [1.807, 2.05) is 0 Å². The zero-order valence-electron chi connectivity index (χ0n) is 9.63. The number of benzene rings is 1. The lowest BCUT2D eigenvalue weighted by Gasteiger charge is -2.08. The molecule has 1 aliphatic rings. The molecule has 2 aromatic rings. The van der Waals surface area contributed by atoms with Crippen LogP contribution in [0.2, 0.25) is 5.15 Å². The summed E-state index contributed by atoms with van der Waals surface area (Å²) in [7, 11) is 0. The van der Waals surface area contributed by atoms with Crippen LogP contribution in [0, 0.1) is 5.82 Å². The standard InChI is InChI=1S/C13H8Br2ClFN2/c14-8-4-3-7(5-9(8)17)13-18-11(6-1-2-6)10(15)12(16)19-13/h3-6H,1-2H2. The van der Waals surface area contributed by atoms with Gasteiger partial charge in [0, 0.05) is 11.5 Å². The molecule has 0 spiro atoms. The summed E-state index contributed by atoms with van der Waals surface area (Å²) in [4.78, 5) is 8.72. The second kappa shape index (κ2) is 5.11. The monoisotopic (exact) mass is 404 g/mol. The molecule has 2 nitrogen and oxygen atoms in total. The van der Waals surface area contributed by atoms with E-state index in [1.165, 1.54) is 6.07 Å². The van der Waals surface area contributed by atoms with Crippen molar-refractivity contribution in [3.63, 3.8) is 0 Å². The van der Waals surface area contributed by atoms with Gasteiger partial charge >= 0.3 is 0 Å². The highest BCUT2D eigenvalue weighted by atomic mass is 79.9. The molecule has 1 aromatic carbocycles. The van der Waals surface area contributed by atoms with Gasteiger partial charge in [-0.25, -0.2) is 14.4 Å². The first-order valence-corrected chi connectivity index (χ1v) is 7.71. The molecule has 3 rings (SSSR count). The summed E-state index contributed by atoms with van der Waals surface area (Å²) in [6.07, 6.45) is 2.22. The van der Waals surface area contributed by atoms with Crippen molar-refractivity contribution in [2.45, 2.75) is 18.8 Å². The third-order valence-corrected chi connectivity index (χ3v) is 4.90. The van der Waals surface area contributed by atoms with Gasteiger partial charge in [0.15, 0.2) is 5.82 Å². The smallest absolute Gasteiger partial charge is 0.161 e. The Morgan fingerprint density at radius 1 is 1.21 bits per heavy atom. The quantitative estimate of drug-likeness (QED) is 0.630. The largest absolute Gasteiger partial charge is 0.231 e. The van der Waals surface area contributed by atoms with Crippen molar-refractivity contribution in [1.82, 2.24) is 9.97 Å². The van der Waals surface area contributed by atoms with E-state index in [2.05, 4.69) is 41.8 Å². The van der Waals surface area contributed by atoms with Gasteiger partial charge in [0.25, 0.3) is 0 Å². The molecular formula is C13H8Br2ClFN2. The first-order chi connectivity index (χ1) is 9.06. The third-order valence-electron chi connectivity index (χ3n) is 2.98. The summed E-state index contributed by atoms with van der Waals surface area (Å²) in [5, 5.41) is 0.371. The molecule has 1 fully saturated rings. The van der Waals surface area contributed by atoms with Crippen molar-refractivity contribution in [3.05, 3.63) is 43.8 Å². The lowest BCUT2D eigenvalue weighted by Crippen LogP contribution is -1.97. The zero-order valence-corrected chi connectivity index (χ0v) is 13.6. The topological polar surface area (TPSA) is 25.8 Å². The normalized spacial score (nSPS) is 14.7. The van der Waals surface area contributed by atoms with Gasteiger partial charge in [-0.15, -0.1) is 0 Å². The number of aromatic nitrogens is 2. The molecule has 1 aliphatic carbocycles. The van der Waals surface area contributed by atoms with E-state index in [0.29, 0.717) is 26.9 Å². The Morgan fingerprint density at radius 3 is 2.58 bits per heavy atom. The number of nitrogens with zero attached hydrogens (tertiary/aromatic N) is 2. The second-order valence-corrected chi connectivity index (χ2v) is 6.45. The Hall–Kier alpha value is -0.520. The van der Waals surface area contributed by atoms with E-state index in [1.54, 1.807) is 12.1 Å². The minimum atomic E-state index is -0.340. The van der Waals surface area contributed by atoms with Crippen molar-refractivity contribution < 1.29 is 4.39 Å². The molecule has 1 saturated carbocycles. The summed E-state index contributed by atoms with van der Waals surface area (Å²) in [6, 6.07) is 4.81. The predicted octanol–water partition coefficient (Wildman–Crippen LogP) is 5.34. The van der Waals surface area contributed by atoms with Gasteiger partial charge in [0.05, 0.1) is 14.6 Å². The fourth-order valence-corrected chi connectivity index (χ4v) is 2.75. The first kappa shape index (κ1) is 13.5. The second-order valence-electron chi connectivity index (χ2n) is 4.44. The molecule has 0 atom stereocenters. The van der Waals surface area contributed by atoms with E-state index in [-0.39, 0.29) is 5.82 Å². The molecule has 0 radical (unpaired) electrons. The van der Waals surface area contributed by atoms with Gasteiger partial charge in [0.2, 0.25) is 0 Å². The molecule has 1 aromatic heterocycles. The lowest BCUT2D eigenvalue weighted by molar-refractivity contribution is 0.621. The lowest BCUT2D eigenvalue weighted by atomic mass is 10.2. The molecule has 0 bridgehead atoms. The van der Waals surface area contributed by atoms with Crippen molar-refractivity contribution in [2.75, 3.05) is 0 Å². The highest BCUT2D eigenvalue weighted by Crippen LogP contribution is 2.44. The van der Waals surface area contributed by atoms with Crippen LogP contribution in [0.15, 0.2) is 27.1 Å². The Balaban J connectivity index is 2.11. The van der Waals surface area contributed by atoms with E-state index in [0.717, 1.165) is 23.0 Å². The van der Waals surface area contributed by atoms with E-state index < -0.39 is 0 Å². The highest BCUT2D eigenvalue weighted by molar-refractivity contribution is 9.10. The van der Waals surface area contributed by atoms with E-state index in [4.69, 9.17) is 11.6 Å². The minimum Gasteiger partial charge on any atom is -0.231 e. The summed E-state index contributed by atoms with van der Waals surface area (Å²) in [6.45, 7) is 0. The van der Waals surface area contributed by atoms with Crippen LogP contribution in [0.25, 0.3) is 11.4 Å².